The van der Waals surface area contributed by atoms with Gasteiger partial charge in [-0.3, -0.25) is 14.4 Å². The van der Waals surface area contributed by atoms with Crippen LogP contribution in [0.2, 0.25) is 0 Å². The monoisotopic (exact) mass is 378 g/mol. The third kappa shape index (κ3) is 8.71. The molecule has 6 nitrogen and oxygen atoms in total. The van der Waals surface area contributed by atoms with Gasteiger partial charge >= 0.3 is 11.9 Å². The van der Waals surface area contributed by atoms with Gasteiger partial charge < -0.3 is 14.2 Å². The molecule has 6 heteroatoms. The largest absolute Gasteiger partial charge is 0.490 e. The Kier molecular flexibility index (Phi) is 8.98. The highest BCUT2D eigenvalue weighted by molar-refractivity contribution is 5.82. The van der Waals surface area contributed by atoms with Gasteiger partial charge in [-0.05, 0) is 45.4 Å². The molecule has 1 rings (SSSR count). The fourth-order valence-corrected chi connectivity index (χ4v) is 2.26. The predicted octanol–water partition coefficient (Wildman–Crippen LogP) is 4.34. The van der Waals surface area contributed by atoms with E-state index < -0.39 is 23.5 Å². The van der Waals surface area contributed by atoms with Crippen molar-refractivity contribution in [2.24, 2.45) is 5.92 Å². The number of hydrogen-bond donors (Lipinski definition) is 0. The Morgan fingerprint density at radius 3 is 2.44 bits per heavy atom. The van der Waals surface area contributed by atoms with E-state index in [1.54, 1.807) is 39.8 Å². The number of hydrogen-bond acceptors (Lipinski definition) is 6. The zero-order valence-electron chi connectivity index (χ0n) is 16.9. The molecule has 0 aliphatic rings. The summed E-state index contributed by atoms with van der Waals surface area (Å²) in [5.74, 6) is -1.16. The molecule has 150 valence electrons. The Morgan fingerprint density at radius 2 is 1.85 bits per heavy atom. The summed E-state index contributed by atoms with van der Waals surface area (Å²) in [6, 6.07) is 4.67. The lowest BCUT2D eigenvalue weighted by Gasteiger charge is -2.20. The SMILES string of the molecule is CCCCCOc1ccc(C=O)cc1OC(=O)C(C)CC(=O)OC(C)(C)C. The smallest absolute Gasteiger partial charge is 0.314 e. The lowest BCUT2D eigenvalue weighted by atomic mass is 10.1. The Morgan fingerprint density at radius 1 is 1.15 bits per heavy atom. The topological polar surface area (TPSA) is 78.9 Å². The molecule has 0 aromatic heterocycles. The average Bonchev–Trinajstić information content (AvgIpc) is 2.57. The van der Waals surface area contributed by atoms with Crippen LogP contribution in [0.4, 0.5) is 0 Å². The van der Waals surface area contributed by atoms with Crippen molar-refractivity contribution in [1.82, 2.24) is 0 Å². The van der Waals surface area contributed by atoms with Crippen LogP contribution in [0.1, 0.15) is 70.7 Å². The zero-order chi connectivity index (χ0) is 20.4. The van der Waals surface area contributed by atoms with Crippen molar-refractivity contribution in [3.05, 3.63) is 23.8 Å². The van der Waals surface area contributed by atoms with Gasteiger partial charge in [0.25, 0.3) is 0 Å². The molecule has 0 radical (unpaired) electrons. The molecule has 0 aliphatic carbocycles. The molecule has 1 aromatic rings. The maximum Gasteiger partial charge on any atom is 0.314 e. The van der Waals surface area contributed by atoms with E-state index >= 15 is 0 Å². The molecule has 0 fully saturated rings. The van der Waals surface area contributed by atoms with Crippen LogP contribution in [-0.2, 0) is 14.3 Å². The minimum atomic E-state index is -0.687. The highest BCUT2D eigenvalue weighted by atomic mass is 16.6. The van der Waals surface area contributed by atoms with Crippen LogP contribution in [-0.4, -0.2) is 30.4 Å². The van der Waals surface area contributed by atoms with Gasteiger partial charge in [-0.1, -0.05) is 26.7 Å². The van der Waals surface area contributed by atoms with Crippen molar-refractivity contribution in [3.8, 4) is 11.5 Å². The molecule has 1 aromatic carbocycles. The van der Waals surface area contributed by atoms with E-state index in [1.165, 1.54) is 6.07 Å². The van der Waals surface area contributed by atoms with Crippen molar-refractivity contribution in [3.63, 3.8) is 0 Å². The van der Waals surface area contributed by atoms with E-state index in [-0.39, 0.29) is 12.2 Å². The number of aldehydes is 1. The highest BCUT2D eigenvalue weighted by Crippen LogP contribution is 2.29. The molecule has 0 spiro atoms. The second kappa shape index (κ2) is 10.7. The van der Waals surface area contributed by atoms with Gasteiger partial charge in [-0.2, -0.15) is 0 Å². The zero-order valence-corrected chi connectivity index (χ0v) is 16.9. The molecular formula is C21H30O6. The molecule has 1 unspecified atom stereocenters. The molecule has 0 amide bonds. The second-order valence-electron chi connectivity index (χ2n) is 7.49. The van der Waals surface area contributed by atoms with Crippen LogP contribution in [0.3, 0.4) is 0 Å². The number of carbonyl (C=O) groups excluding carboxylic acids is 3. The molecule has 0 N–H and O–H groups in total. The first-order valence-electron chi connectivity index (χ1n) is 9.31. The molecule has 1 atom stereocenters. The number of carbonyl (C=O) groups is 3. The van der Waals surface area contributed by atoms with Gasteiger partial charge in [0.1, 0.15) is 11.9 Å². The van der Waals surface area contributed by atoms with Crippen molar-refractivity contribution in [1.29, 1.82) is 0 Å². The van der Waals surface area contributed by atoms with Gasteiger partial charge in [0.15, 0.2) is 11.5 Å². The van der Waals surface area contributed by atoms with Crippen LogP contribution in [0.15, 0.2) is 18.2 Å². The number of benzene rings is 1. The average molecular weight is 378 g/mol. The maximum absolute atomic E-state index is 12.4. The lowest BCUT2D eigenvalue weighted by Crippen LogP contribution is -2.27. The number of rotatable bonds is 10. The van der Waals surface area contributed by atoms with Crippen molar-refractivity contribution in [2.75, 3.05) is 6.61 Å². The molecule has 27 heavy (non-hydrogen) atoms. The molecule has 0 aliphatic heterocycles. The normalized spacial score (nSPS) is 12.2. The molecule has 0 heterocycles. The molecular weight excluding hydrogens is 348 g/mol. The fourth-order valence-electron chi connectivity index (χ4n) is 2.26. The van der Waals surface area contributed by atoms with E-state index in [4.69, 9.17) is 14.2 Å². The van der Waals surface area contributed by atoms with Crippen molar-refractivity contribution >= 4 is 18.2 Å². The molecule has 0 saturated heterocycles. The van der Waals surface area contributed by atoms with E-state index in [0.29, 0.717) is 24.2 Å². The van der Waals surface area contributed by atoms with Gasteiger partial charge in [0, 0.05) is 5.56 Å². The third-order valence-electron chi connectivity index (χ3n) is 3.62. The summed E-state index contributed by atoms with van der Waals surface area (Å²) in [5, 5.41) is 0. The minimum Gasteiger partial charge on any atom is -0.490 e. The summed E-state index contributed by atoms with van der Waals surface area (Å²) >= 11 is 0. The maximum atomic E-state index is 12.4. The summed E-state index contributed by atoms with van der Waals surface area (Å²) in [4.78, 5) is 35.3. The molecule has 0 bridgehead atoms. The van der Waals surface area contributed by atoms with E-state index in [0.717, 1.165) is 19.3 Å². The van der Waals surface area contributed by atoms with Crippen LogP contribution in [0.25, 0.3) is 0 Å². The van der Waals surface area contributed by atoms with Crippen molar-refractivity contribution in [2.45, 2.75) is 65.9 Å². The summed E-state index contributed by atoms with van der Waals surface area (Å²) in [6.45, 7) is 9.48. The summed E-state index contributed by atoms with van der Waals surface area (Å²) in [7, 11) is 0. The second-order valence-corrected chi connectivity index (χ2v) is 7.49. The van der Waals surface area contributed by atoms with Gasteiger partial charge in [-0.25, -0.2) is 0 Å². The quantitative estimate of drug-likeness (QED) is 0.261. The van der Waals surface area contributed by atoms with Gasteiger partial charge in [0.05, 0.1) is 18.9 Å². The summed E-state index contributed by atoms with van der Waals surface area (Å²) in [5.41, 5.74) is -0.239. The molecule has 0 saturated carbocycles. The van der Waals surface area contributed by atoms with E-state index in [9.17, 15) is 14.4 Å². The minimum absolute atomic E-state index is 0.0871. The van der Waals surface area contributed by atoms with E-state index in [2.05, 4.69) is 6.92 Å². The van der Waals surface area contributed by atoms with Crippen molar-refractivity contribution < 1.29 is 28.6 Å². The first-order valence-corrected chi connectivity index (χ1v) is 9.31. The Balaban J connectivity index is 2.77. The summed E-state index contributed by atoms with van der Waals surface area (Å²) in [6.07, 6.45) is 3.57. The predicted molar refractivity (Wildman–Crippen MR) is 102 cm³/mol. The fraction of sp³-hybridized carbons (Fsp3) is 0.571. The van der Waals surface area contributed by atoms with Gasteiger partial charge in [-0.15, -0.1) is 0 Å². The van der Waals surface area contributed by atoms with Crippen LogP contribution < -0.4 is 9.47 Å². The van der Waals surface area contributed by atoms with E-state index in [1.807, 2.05) is 0 Å². The summed E-state index contributed by atoms with van der Waals surface area (Å²) < 4.78 is 16.3. The first kappa shape index (κ1) is 22.7. The number of ether oxygens (including phenoxy) is 3. The van der Waals surface area contributed by atoms with Crippen LogP contribution >= 0.6 is 0 Å². The highest BCUT2D eigenvalue weighted by Gasteiger charge is 2.24. The standard InChI is InChI=1S/C21H30O6/c1-6-7-8-11-25-17-10-9-16(14-22)13-18(17)26-20(24)15(2)12-19(23)27-21(3,4)5/h9-10,13-15H,6-8,11-12H2,1-5H3. The third-order valence-corrected chi connectivity index (χ3v) is 3.62. The van der Waals surface area contributed by atoms with Gasteiger partial charge in [0.2, 0.25) is 0 Å². The van der Waals surface area contributed by atoms with Crippen LogP contribution in [0, 0.1) is 5.92 Å². The number of unbranched alkanes of at least 4 members (excludes halogenated alkanes) is 2. The lowest BCUT2D eigenvalue weighted by molar-refractivity contribution is -0.158. The Labute approximate surface area is 161 Å². The number of esters is 2. The first-order chi connectivity index (χ1) is 12.7. The Hall–Kier alpha value is -2.37. The van der Waals surface area contributed by atoms with Crippen LogP contribution in [0.5, 0.6) is 11.5 Å². The Bertz CT molecular complexity index is 645.